The summed E-state index contributed by atoms with van der Waals surface area (Å²) in [5.74, 6) is -0.784. The number of para-hydroxylation sites is 1. The third kappa shape index (κ3) is 3.63. The van der Waals surface area contributed by atoms with Crippen molar-refractivity contribution in [1.29, 1.82) is 0 Å². The van der Waals surface area contributed by atoms with E-state index < -0.39 is 11.6 Å². The molecule has 0 spiro atoms. The van der Waals surface area contributed by atoms with E-state index in [1.165, 1.54) is 12.1 Å². The van der Waals surface area contributed by atoms with Gasteiger partial charge in [-0.2, -0.15) is 4.68 Å². The molecule has 0 bridgehead atoms. The number of benzene rings is 2. The van der Waals surface area contributed by atoms with E-state index in [1.54, 1.807) is 24.4 Å². The monoisotopic (exact) mass is 380 g/mol. The van der Waals surface area contributed by atoms with Crippen molar-refractivity contribution >= 4 is 5.95 Å². The van der Waals surface area contributed by atoms with Crippen LogP contribution in [-0.2, 0) is 6.54 Å². The van der Waals surface area contributed by atoms with Crippen LogP contribution >= 0.6 is 0 Å². The van der Waals surface area contributed by atoms with Crippen LogP contribution in [0, 0.1) is 11.6 Å². The van der Waals surface area contributed by atoms with Gasteiger partial charge in [-0.05, 0) is 34.7 Å². The number of halogens is 2. The average molecular weight is 380 g/mol. The number of rotatable bonds is 6. The molecular weight excluding hydrogens is 366 g/mol. The number of nitrogens with zero attached hydrogens (tertiary/aromatic N) is 5. The molecule has 0 aliphatic heterocycles. The number of aromatic nitrogens is 5. The highest BCUT2D eigenvalue weighted by Gasteiger charge is 2.15. The maximum atomic E-state index is 14.1. The standard InChI is InChI=1S/C19H14F2N6O/c20-14-7-5-8-15(18(14)21)27-19(24-25-26-27)23-12-13-6-1-2-9-16(13)28-17-10-3-4-11-22-17/h1-11H,12H2,(H,23,24,26). The van der Waals surface area contributed by atoms with E-state index in [4.69, 9.17) is 4.74 Å². The van der Waals surface area contributed by atoms with E-state index >= 15 is 0 Å². The van der Waals surface area contributed by atoms with Crippen molar-refractivity contribution in [2.75, 3.05) is 5.32 Å². The summed E-state index contributed by atoms with van der Waals surface area (Å²) < 4.78 is 34.5. The summed E-state index contributed by atoms with van der Waals surface area (Å²) in [6, 6.07) is 16.5. The zero-order valence-electron chi connectivity index (χ0n) is 14.5. The zero-order valence-corrected chi connectivity index (χ0v) is 14.5. The molecule has 1 N–H and O–H groups in total. The maximum Gasteiger partial charge on any atom is 0.248 e. The highest BCUT2D eigenvalue weighted by atomic mass is 19.2. The number of anilines is 1. The molecule has 140 valence electrons. The van der Waals surface area contributed by atoms with E-state index in [1.807, 2.05) is 24.3 Å². The molecule has 7 nitrogen and oxygen atoms in total. The molecule has 2 heterocycles. The second kappa shape index (κ2) is 7.78. The Labute approximate surface area is 158 Å². The molecule has 0 saturated carbocycles. The molecule has 9 heteroatoms. The summed E-state index contributed by atoms with van der Waals surface area (Å²) in [6.07, 6.45) is 1.64. The number of hydrogen-bond donors (Lipinski definition) is 1. The van der Waals surface area contributed by atoms with Crippen molar-refractivity contribution in [1.82, 2.24) is 25.2 Å². The van der Waals surface area contributed by atoms with Gasteiger partial charge >= 0.3 is 0 Å². The van der Waals surface area contributed by atoms with Gasteiger partial charge < -0.3 is 10.1 Å². The Kier molecular flexibility index (Phi) is 4.87. The minimum atomic E-state index is -1.03. The lowest BCUT2D eigenvalue weighted by atomic mass is 10.2. The smallest absolute Gasteiger partial charge is 0.248 e. The highest BCUT2D eigenvalue weighted by molar-refractivity contribution is 5.42. The second-order valence-electron chi connectivity index (χ2n) is 5.72. The molecule has 28 heavy (non-hydrogen) atoms. The predicted molar refractivity (Wildman–Crippen MR) is 97.1 cm³/mol. The maximum absolute atomic E-state index is 14.1. The molecule has 2 aromatic heterocycles. The van der Waals surface area contributed by atoms with Crippen LogP contribution in [0.15, 0.2) is 66.9 Å². The SMILES string of the molecule is Fc1cccc(-n2nnnc2NCc2ccccc2Oc2ccccn2)c1F. The van der Waals surface area contributed by atoms with E-state index in [2.05, 4.69) is 25.8 Å². The summed E-state index contributed by atoms with van der Waals surface area (Å²) in [5.41, 5.74) is 0.716. The van der Waals surface area contributed by atoms with Gasteiger partial charge in [-0.1, -0.05) is 35.4 Å². The first-order chi connectivity index (χ1) is 13.7. The molecule has 0 atom stereocenters. The van der Waals surface area contributed by atoms with Gasteiger partial charge in [0.15, 0.2) is 11.6 Å². The van der Waals surface area contributed by atoms with Crippen molar-refractivity contribution in [2.24, 2.45) is 0 Å². The normalized spacial score (nSPS) is 10.6. The Hall–Kier alpha value is -3.88. The third-order valence-electron chi connectivity index (χ3n) is 3.89. The molecular formula is C19H14F2N6O. The fraction of sp³-hybridized carbons (Fsp3) is 0.0526. The van der Waals surface area contributed by atoms with Crippen molar-refractivity contribution in [3.05, 3.63) is 84.1 Å². The molecule has 4 aromatic rings. The van der Waals surface area contributed by atoms with E-state index in [0.29, 0.717) is 18.2 Å². The molecule has 0 aliphatic rings. The van der Waals surface area contributed by atoms with Crippen LogP contribution in [0.1, 0.15) is 5.56 Å². The average Bonchev–Trinajstić information content (AvgIpc) is 3.18. The lowest BCUT2D eigenvalue weighted by Crippen LogP contribution is -2.10. The number of pyridine rings is 1. The fourth-order valence-electron chi connectivity index (χ4n) is 2.56. The lowest BCUT2D eigenvalue weighted by Gasteiger charge is -2.12. The summed E-state index contributed by atoms with van der Waals surface area (Å²) in [5, 5.41) is 14.1. The summed E-state index contributed by atoms with van der Waals surface area (Å²) in [4.78, 5) is 4.14. The topological polar surface area (TPSA) is 77.8 Å². The molecule has 4 rings (SSSR count). The largest absolute Gasteiger partial charge is 0.439 e. The van der Waals surface area contributed by atoms with E-state index in [0.717, 1.165) is 16.3 Å². The third-order valence-corrected chi connectivity index (χ3v) is 3.89. The van der Waals surface area contributed by atoms with Gasteiger partial charge in [0.05, 0.1) is 0 Å². The van der Waals surface area contributed by atoms with Crippen LogP contribution in [0.3, 0.4) is 0 Å². The van der Waals surface area contributed by atoms with Crippen molar-refractivity contribution in [3.63, 3.8) is 0 Å². The number of hydrogen-bond acceptors (Lipinski definition) is 6. The molecule has 0 radical (unpaired) electrons. The van der Waals surface area contributed by atoms with Gasteiger partial charge in [0.2, 0.25) is 11.8 Å². The number of ether oxygens (including phenoxy) is 1. The van der Waals surface area contributed by atoms with Crippen LogP contribution in [0.2, 0.25) is 0 Å². The zero-order chi connectivity index (χ0) is 19.3. The molecule has 0 unspecified atom stereocenters. The van der Waals surface area contributed by atoms with Crippen molar-refractivity contribution < 1.29 is 13.5 Å². The van der Waals surface area contributed by atoms with Crippen LogP contribution in [0.25, 0.3) is 5.69 Å². The van der Waals surface area contributed by atoms with Gasteiger partial charge in [-0.15, -0.1) is 0 Å². The Morgan fingerprint density at radius 3 is 2.68 bits per heavy atom. The van der Waals surface area contributed by atoms with Gasteiger partial charge in [0, 0.05) is 24.4 Å². The minimum absolute atomic E-state index is 0.0921. The Morgan fingerprint density at radius 2 is 1.82 bits per heavy atom. The first-order valence-electron chi connectivity index (χ1n) is 8.36. The second-order valence-corrected chi connectivity index (χ2v) is 5.72. The number of nitrogens with one attached hydrogen (secondary N) is 1. The van der Waals surface area contributed by atoms with E-state index in [-0.39, 0.29) is 11.6 Å². The lowest BCUT2D eigenvalue weighted by molar-refractivity contribution is 0.458. The quantitative estimate of drug-likeness (QED) is 0.549. The van der Waals surface area contributed by atoms with Gasteiger partial charge in [-0.25, -0.2) is 13.8 Å². The number of tetrazole rings is 1. The molecule has 2 aromatic carbocycles. The van der Waals surface area contributed by atoms with Crippen LogP contribution in [-0.4, -0.2) is 25.2 Å². The summed E-state index contributed by atoms with van der Waals surface area (Å²) in [6.45, 7) is 0.292. The first kappa shape index (κ1) is 17.5. The Morgan fingerprint density at radius 1 is 0.964 bits per heavy atom. The van der Waals surface area contributed by atoms with Crippen LogP contribution in [0.4, 0.5) is 14.7 Å². The minimum Gasteiger partial charge on any atom is -0.439 e. The molecule has 0 saturated heterocycles. The van der Waals surface area contributed by atoms with Gasteiger partial charge in [0.1, 0.15) is 11.4 Å². The molecule has 0 aliphatic carbocycles. The van der Waals surface area contributed by atoms with Gasteiger partial charge in [0.25, 0.3) is 0 Å². The van der Waals surface area contributed by atoms with Crippen LogP contribution in [0.5, 0.6) is 11.6 Å². The van der Waals surface area contributed by atoms with Crippen LogP contribution < -0.4 is 10.1 Å². The Balaban J connectivity index is 1.55. The molecule has 0 amide bonds. The fourth-order valence-corrected chi connectivity index (χ4v) is 2.56. The van der Waals surface area contributed by atoms with E-state index in [9.17, 15) is 8.78 Å². The van der Waals surface area contributed by atoms with Crippen molar-refractivity contribution in [3.8, 4) is 17.3 Å². The highest BCUT2D eigenvalue weighted by Crippen LogP contribution is 2.25. The predicted octanol–water partition coefficient (Wildman–Crippen LogP) is 3.74. The first-order valence-corrected chi connectivity index (χ1v) is 8.36. The van der Waals surface area contributed by atoms with Crippen molar-refractivity contribution in [2.45, 2.75) is 6.54 Å². The van der Waals surface area contributed by atoms with Gasteiger partial charge in [-0.3, -0.25) is 0 Å². The molecule has 0 fully saturated rings. The summed E-state index contributed by atoms with van der Waals surface area (Å²) >= 11 is 0. The summed E-state index contributed by atoms with van der Waals surface area (Å²) in [7, 11) is 0. The Bertz CT molecular complexity index is 1090.